The highest BCUT2D eigenvalue weighted by atomic mass is 16.1. The molecular weight excluding hydrogens is 224 g/mol. The van der Waals surface area contributed by atoms with E-state index in [4.69, 9.17) is 0 Å². The molecule has 0 bridgehead atoms. The molecular formula is C15H18N2O. The van der Waals surface area contributed by atoms with Gasteiger partial charge in [0.25, 0.3) is 0 Å². The van der Waals surface area contributed by atoms with Gasteiger partial charge in [-0.3, -0.25) is 9.78 Å². The molecule has 1 aromatic heterocycles. The number of hydrogen-bond acceptors (Lipinski definition) is 2. The van der Waals surface area contributed by atoms with Gasteiger partial charge in [0, 0.05) is 23.7 Å². The van der Waals surface area contributed by atoms with E-state index in [1.54, 1.807) is 6.20 Å². The van der Waals surface area contributed by atoms with Gasteiger partial charge in [0.2, 0.25) is 5.91 Å². The molecule has 94 valence electrons. The van der Waals surface area contributed by atoms with Crippen LogP contribution in [0.2, 0.25) is 0 Å². The highest BCUT2D eigenvalue weighted by Crippen LogP contribution is 2.17. The minimum Gasteiger partial charge on any atom is -0.326 e. The summed E-state index contributed by atoms with van der Waals surface area (Å²) in [4.78, 5) is 16.0. The predicted octanol–water partition coefficient (Wildman–Crippen LogP) is 3.75. The summed E-state index contributed by atoms with van der Waals surface area (Å²) in [5, 5.41) is 4.00. The third kappa shape index (κ3) is 3.29. The monoisotopic (exact) mass is 242 g/mol. The number of anilines is 1. The molecule has 1 aromatic carbocycles. The van der Waals surface area contributed by atoms with Crippen LogP contribution in [0.4, 0.5) is 5.69 Å². The van der Waals surface area contributed by atoms with Gasteiger partial charge in [-0.25, -0.2) is 0 Å². The third-order valence-corrected chi connectivity index (χ3v) is 2.90. The van der Waals surface area contributed by atoms with Crippen molar-refractivity contribution < 1.29 is 4.79 Å². The minimum atomic E-state index is 0.0822. The first-order valence-corrected chi connectivity index (χ1v) is 6.44. The molecule has 0 atom stereocenters. The van der Waals surface area contributed by atoms with Crippen molar-refractivity contribution in [3.8, 4) is 0 Å². The molecule has 0 saturated heterocycles. The average Bonchev–Trinajstić information content (AvgIpc) is 2.39. The molecule has 2 aromatic rings. The Bertz CT molecular complexity index is 537. The topological polar surface area (TPSA) is 42.0 Å². The van der Waals surface area contributed by atoms with E-state index in [0.29, 0.717) is 6.42 Å². The van der Waals surface area contributed by atoms with Crippen molar-refractivity contribution in [2.45, 2.75) is 32.6 Å². The number of carbonyl (C=O) groups is 1. The Balaban J connectivity index is 2.01. The van der Waals surface area contributed by atoms with Crippen LogP contribution in [-0.4, -0.2) is 10.9 Å². The van der Waals surface area contributed by atoms with Gasteiger partial charge in [0.1, 0.15) is 0 Å². The zero-order valence-electron chi connectivity index (χ0n) is 10.6. The van der Waals surface area contributed by atoms with Gasteiger partial charge >= 0.3 is 0 Å². The first kappa shape index (κ1) is 12.6. The number of hydrogen-bond donors (Lipinski definition) is 1. The summed E-state index contributed by atoms with van der Waals surface area (Å²) < 4.78 is 0. The second kappa shape index (κ2) is 6.15. The maximum absolute atomic E-state index is 11.7. The highest BCUT2D eigenvalue weighted by Gasteiger charge is 2.02. The smallest absolute Gasteiger partial charge is 0.224 e. The maximum atomic E-state index is 11.7. The molecule has 1 amide bonds. The molecule has 0 aliphatic rings. The second-order valence-electron chi connectivity index (χ2n) is 4.42. The van der Waals surface area contributed by atoms with Gasteiger partial charge in [0.15, 0.2) is 0 Å². The lowest BCUT2D eigenvalue weighted by Gasteiger charge is -2.06. The van der Waals surface area contributed by atoms with Gasteiger partial charge in [-0.1, -0.05) is 31.9 Å². The Kier molecular flexibility index (Phi) is 4.29. The Morgan fingerprint density at radius 2 is 2.17 bits per heavy atom. The molecule has 0 unspecified atom stereocenters. The summed E-state index contributed by atoms with van der Waals surface area (Å²) in [5.41, 5.74) is 1.73. The molecule has 0 aliphatic heterocycles. The summed E-state index contributed by atoms with van der Waals surface area (Å²) in [5.74, 6) is 0.0822. The van der Waals surface area contributed by atoms with Crippen LogP contribution in [0.3, 0.4) is 0 Å². The first-order valence-electron chi connectivity index (χ1n) is 6.44. The van der Waals surface area contributed by atoms with Crippen molar-refractivity contribution in [3.05, 3.63) is 36.5 Å². The fourth-order valence-electron chi connectivity index (χ4n) is 1.90. The largest absolute Gasteiger partial charge is 0.326 e. The lowest BCUT2D eigenvalue weighted by molar-refractivity contribution is -0.116. The van der Waals surface area contributed by atoms with E-state index in [9.17, 15) is 4.79 Å². The average molecular weight is 242 g/mol. The molecule has 1 heterocycles. The van der Waals surface area contributed by atoms with Crippen molar-refractivity contribution in [2.75, 3.05) is 5.32 Å². The standard InChI is InChI=1S/C15H18N2O/c1-2-3-4-7-15(18)17-13-9-8-12-6-5-10-16-14(12)11-13/h5-6,8-11H,2-4,7H2,1H3,(H,17,18). The lowest BCUT2D eigenvalue weighted by atomic mass is 10.2. The lowest BCUT2D eigenvalue weighted by Crippen LogP contribution is -2.10. The highest BCUT2D eigenvalue weighted by molar-refractivity contribution is 5.93. The third-order valence-electron chi connectivity index (χ3n) is 2.90. The van der Waals surface area contributed by atoms with Crippen LogP contribution >= 0.6 is 0 Å². The number of nitrogens with zero attached hydrogens (tertiary/aromatic N) is 1. The molecule has 18 heavy (non-hydrogen) atoms. The number of rotatable bonds is 5. The van der Waals surface area contributed by atoms with E-state index in [0.717, 1.165) is 35.9 Å². The van der Waals surface area contributed by atoms with Crippen LogP contribution in [0, 0.1) is 0 Å². The molecule has 1 N–H and O–H groups in total. The zero-order valence-corrected chi connectivity index (χ0v) is 10.6. The van der Waals surface area contributed by atoms with Gasteiger partial charge in [0.05, 0.1) is 5.52 Å². The van der Waals surface area contributed by atoms with E-state index < -0.39 is 0 Å². The van der Waals surface area contributed by atoms with E-state index in [2.05, 4.69) is 17.2 Å². The number of benzene rings is 1. The molecule has 3 heteroatoms. The number of unbranched alkanes of at least 4 members (excludes halogenated alkanes) is 2. The van der Waals surface area contributed by atoms with Crippen LogP contribution in [-0.2, 0) is 4.79 Å². The molecule has 2 rings (SSSR count). The van der Waals surface area contributed by atoms with Crippen molar-refractivity contribution in [1.29, 1.82) is 0 Å². The van der Waals surface area contributed by atoms with E-state index in [1.165, 1.54) is 0 Å². The molecule has 0 aliphatic carbocycles. The number of amides is 1. The van der Waals surface area contributed by atoms with E-state index in [1.807, 2.05) is 30.3 Å². The summed E-state index contributed by atoms with van der Waals surface area (Å²) in [6, 6.07) is 9.72. The SMILES string of the molecule is CCCCCC(=O)Nc1ccc2cccnc2c1. The van der Waals surface area contributed by atoms with Crippen molar-refractivity contribution in [3.63, 3.8) is 0 Å². The van der Waals surface area contributed by atoms with Crippen molar-refractivity contribution >= 4 is 22.5 Å². The van der Waals surface area contributed by atoms with Gasteiger partial charge in [-0.05, 0) is 24.6 Å². The Labute approximate surface area is 107 Å². The summed E-state index contributed by atoms with van der Waals surface area (Å²) in [6.45, 7) is 2.13. The molecule has 0 fully saturated rings. The maximum Gasteiger partial charge on any atom is 0.224 e. The number of aromatic nitrogens is 1. The quantitative estimate of drug-likeness (QED) is 0.811. The molecule has 0 spiro atoms. The van der Waals surface area contributed by atoms with Crippen LogP contribution in [0.25, 0.3) is 10.9 Å². The molecule has 3 nitrogen and oxygen atoms in total. The van der Waals surface area contributed by atoms with Crippen molar-refractivity contribution in [2.24, 2.45) is 0 Å². The fourth-order valence-corrected chi connectivity index (χ4v) is 1.90. The van der Waals surface area contributed by atoms with Gasteiger partial charge in [-0.2, -0.15) is 0 Å². The summed E-state index contributed by atoms with van der Waals surface area (Å²) in [7, 11) is 0. The van der Waals surface area contributed by atoms with Crippen molar-refractivity contribution in [1.82, 2.24) is 4.98 Å². The minimum absolute atomic E-state index is 0.0822. The predicted molar refractivity (Wildman–Crippen MR) is 74.5 cm³/mol. The summed E-state index contributed by atoms with van der Waals surface area (Å²) in [6.07, 6.45) is 5.54. The number of carbonyl (C=O) groups excluding carboxylic acids is 1. The number of fused-ring (bicyclic) bond motifs is 1. The first-order chi connectivity index (χ1) is 8.79. The van der Waals surface area contributed by atoms with Gasteiger partial charge < -0.3 is 5.32 Å². The normalized spacial score (nSPS) is 10.5. The Morgan fingerprint density at radius 1 is 1.28 bits per heavy atom. The Hall–Kier alpha value is -1.90. The fraction of sp³-hybridized carbons (Fsp3) is 0.333. The molecule has 0 radical (unpaired) electrons. The molecule has 0 saturated carbocycles. The van der Waals surface area contributed by atoms with Crippen LogP contribution in [0.5, 0.6) is 0 Å². The van der Waals surface area contributed by atoms with E-state index >= 15 is 0 Å². The van der Waals surface area contributed by atoms with E-state index in [-0.39, 0.29) is 5.91 Å². The van der Waals surface area contributed by atoms with Gasteiger partial charge in [-0.15, -0.1) is 0 Å². The summed E-state index contributed by atoms with van der Waals surface area (Å²) >= 11 is 0. The zero-order chi connectivity index (χ0) is 12.8. The van der Waals surface area contributed by atoms with Crippen LogP contribution in [0.15, 0.2) is 36.5 Å². The Morgan fingerprint density at radius 3 is 3.00 bits per heavy atom. The second-order valence-corrected chi connectivity index (χ2v) is 4.42. The van der Waals surface area contributed by atoms with Crippen LogP contribution < -0.4 is 5.32 Å². The number of nitrogens with one attached hydrogen (secondary N) is 1. The number of pyridine rings is 1. The van der Waals surface area contributed by atoms with Crippen LogP contribution in [0.1, 0.15) is 32.6 Å².